The van der Waals surface area contributed by atoms with E-state index in [0.29, 0.717) is 11.1 Å². The maximum absolute atomic E-state index is 12.1. The highest BCUT2D eigenvalue weighted by Gasteiger charge is 2.11. The first-order chi connectivity index (χ1) is 13.6. The van der Waals surface area contributed by atoms with Crippen molar-refractivity contribution in [2.45, 2.75) is 10.6 Å². The molecule has 0 spiro atoms. The molecule has 5 nitrogen and oxygen atoms in total. The summed E-state index contributed by atoms with van der Waals surface area (Å²) in [6, 6.07) is 24.0. The molecule has 3 aromatic rings. The fourth-order valence-electron chi connectivity index (χ4n) is 2.49. The minimum Gasteiger partial charge on any atom is -0.289 e. The van der Waals surface area contributed by atoms with Crippen LogP contribution in [0.4, 0.5) is 0 Å². The van der Waals surface area contributed by atoms with E-state index in [1.54, 1.807) is 36.4 Å². The smallest absolute Gasteiger partial charge is 0.193 e. The predicted octanol–water partition coefficient (Wildman–Crippen LogP) is 3.55. The standard InChI is InChI=1S/C14H12O3S.C8H10O2S/c1-18(16,17)13-9-7-12(8-10-13)14(15)11-5-3-2-4-6-11;1-11(9,10)7-8-5-3-2-4-6-8/h2-10H,1H3;2-6H,7H2,1H3. The molecule has 0 aliphatic rings. The van der Waals surface area contributed by atoms with Gasteiger partial charge < -0.3 is 0 Å². The van der Waals surface area contributed by atoms with Gasteiger partial charge in [0, 0.05) is 23.6 Å². The van der Waals surface area contributed by atoms with Gasteiger partial charge in [0.05, 0.1) is 10.6 Å². The summed E-state index contributed by atoms with van der Waals surface area (Å²) >= 11 is 0. The van der Waals surface area contributed by atoms with E-state index in [1.807, 2.05) is 24.3 Å². The van der Waals surface area contributed by atoms with E-state index in [2.05, 4.69) is 0 Å². The highest BCUT2D eigenvalue weighted by molar-refractivity contribution is 7.90. The van der Waals surface area contributed by atoms with E-state index in [9.17, 15) is 21.6 Å². The molecule has 0 aliphatic heterocycles. The average Bonchev–Trinajstić information content (AvgIpc) is 2.67. The lowest BCUT2D eigenvalue weighted by Crippen LogP contribution is -2.02. The normalized spacial score (nSPS) is 11.2. The first kappa shape index (κ1) is 22.5. The zero-order chi connectivity index (χ0) is 21.5. The Morgan fingerprint density at radius 3 is 1.55 bits per heavy atom. The third-order valence-electron chi connectivity index (χ3n) is 3.85. The summed E-state index contributed by atoms with van der Waals surface area (Å²) < 4.78 is 44.2. The Labute approximate surface area is 171 Å². The van der Waals surface area contributed by atoms with Gasteiger partial charge in [-0.1, -0.05) is 60.7 Å². The number of rotatable bonds is 5. The maximum atomic E-state index is 12.1. The second-order valence-electron chi connectivity index (χ2n) is 6.55. The number of carbonyl (C=O) groups excluding carboxylic acids is 1. The van der Waals surface area contributed by atoms with Crippen LogP contribution in [-0.2, 0) is 25.4 Å². The molecule has 0 saturated heterocycles. The Kier molecular flexibility index (Phi) is 7.47. The molecule has 0 radical (unpaired) electrons. The van der Waals surface area contributed by atoms with Gasteiger partial charge >= 0.3 is 0 Å². The van der Waals surface area contributed by atoms with Gasteiger partial charge in [0.15, 0.2) is 25.5 Å². The molecule has 0 amide bonds. The van der Waals surface area contributed by atoms with Gasteiger partial charge in [0.2, 0.25) is 0 Å². The predicted molar refractivity (Wildman–Crippen MR) is 114 cm³/mol. The van der Waals surface area contributed by atoms with Crippen LogP contribution in [0.15, 0.2) is 89.8 Å². The van der Waals surface area contributed by atoms with Crippen LogP contribution in [0, 0.1) is 0 Å². The van der Waals surface area contributed by atoms with Crippen molar-refractivity contribution in [1.82, 2.24) is 0 Å². The third-order valence-corrected chi connectivity index (χ3v) is 5.84. The summed E-state index contributed by atoms with van der Waals surface area (Å²) in [5.74, 6) is 0.0176. The quantitative estimate of drug-likeness (QED) is 0.578. The number of sulfone groups is 2. The van der Waals surface area contributed by atoms with Gasteiger partial charge in [-0.05, 0) is 29.8 Å². The van der Waals surface area contributed by atoms with Crippen LogP contribution in [0.2, 0.25) is 0 Å². The summed E-state index contributed by atoms with van der Waals surface area (Å²) in [4.78, 5) is 12.3. The van der Waals surface area contributed by atoms with Gasteiger partial charge in [0.1, 0.15) is 0 Å². The van der Waals surface area contributed by atoms with Gasteiger partial charge in [0.25, 0.3) is 0 Å². The van der Waals surface area contributed by atoms with Crippen molar-refractivity contribution in [2.24, 2.45) is 0 Å². The first-order valence-corrected chi connectivity index (χ1v) is 12.6. The molecule has 0 fully saturated rings. The van der Waals surface area contributed by atoms with Crippen molar-refractivity contribution in [3.05, 3.63) is 102 Å². The fourth-order valence-corrected chi connectivity index (χ4v) is 3.92. The molecule has 0 heterocycles. The van der Waals surface area contributed by atoms with E-state index >= 15 is 0 Å². The first-order valence-electron chi connectivity index (χ1n) is 8.68. The molecular weight excluding hydrogens is 408 g/mol. The summed E-state index contributed by atoms with van der Waals surface area (Å²) in [7, 11) is -6.10. The summed E-state index contributed by atoms with van der Waals surface area (Å²) in [6.07, 6.45) is 2.38. The second-order valence-corrected chi connectivity index (χ2v) is 10.7. The zero-order valence-corrected chi connectivity index (χ0v) is 17.8. The van der Waals surface area contributed by atoms with Crippen LogP contribution < -0.4 is 0 Å². The Bertz CT molecular complexity index is 1150. The van der Waals surface area contributed by atoms with E-state index in [4.69, 9.17) is 0 Å². The van der Waals surface area contributed by atoms with Crippen molar-refractivity contribution in [3.8, 4) is 0 Å². The third kappa shape index (κ3) is 7.63. The molecule has 7 heteroatoms. The van der Waals surface area contributed by atoms with Crippen LogP contribution >= 0.6 is 0 Å². The minimum atomic E-state index is -3.22. The minimum absolute atomic E-state index is 0.115. The Morgan fingerprint density at radius 1 is 0.655 bits per heavy atom. The maximum Gasteiger partial charge on any atom is 0.193 e. The fraction of sp³-hybridized carbons (Fsp3) is 0.136. The molecular formula is C22H22O5S2. The highest BCUT2D eigenvalue weighted by atomic mass is 32.2. The van der Waals surface area contributed by atoms with Crippen molar-refractivity contribution < 1.29 is 21.6 Å². The van der Waals surface area contributed by atoms with Crippen LogP contribution in [0.5, 0.6) is 0 Å². The lowest BCUT2D eigenvalue weighted by atomic mass is 10.0. The number of hydrogen-bond donors (Lipinski definition) is 0. The van der Waals surface area contributed by atoms with E-state index in [-0.39, 0.29) is 16.4 Å². The molecule has 0 atom stereocenters. The summed E-state index contributed by atoms with van der Waals surface area (Å²) in [5, 5.41) is 0. The van der Waals surface area contributed by atoms with E-state index in [1.165, 1.54) is 30.5 Å². The second kappa shape index (κ2) is 9.62. The molecule has 0 saturated carbocycles. The number of carbonyl (C=O) groups is 1. The number of benzene rings is 3. The molecule has 0 aromatic heterocycles. The Morgan fingerprint density at radius 2 is 1.10 bits per heavy atom. The summed E-state index contributed by atoms with van der Waals surface area (Å²) in [5.41, 5.74) is 1.91. The molecule has 29 heavy (non-hydrogen) atoms. The van der Waals surface area contributed by atoms with Crippen LogP contribution in [0.3, 0.4) is 0 Å². The van der Waals surface area contributed by atoms with Gasteiger partial charge in [-0.25, -0.2) is 16.8 Å². The van der Waals surface area contributed by atoms with Crippen molar-refractivity contribution in [1.29, 1.82) is 0 Å². The number of hydrogen-bond acceptors (Lipinski definition) is 5. The van der Waals surface area contributed by atoms with Crippen molar-refractivity contribution in [3.63, 3.8) is 0 Å². The molecule has 0 unspecified atom stereocenters. The average molecular weight is 431 g/mol. The van der Waals surface area contributed by atoms with Crippen molar-refractivity contribution in [2.75, 3.05) is 12.5 Å². The van der Waals surface area contributed by atoms with Gasteiger partial charge in [-0.2, -0.15) is 0 Å². The SMILES string of the molecule is CS(=O)(=O)Cc1ccccc1.CS(=O)(=O)c1ccc(C(=O)c2ccccc2)cc1. The lowest BCUT2D eigenvalue weighted by Gasteiger charge is -2.02. The Balaban J connectivity index is 0.000000234. The topological polar surface area (TPSA) is 85.3 Å². The molecule has 0 aliphatic carbocycles. The van der Waals surface area contributed by atoms with Crippen molar-refractivity contribution >= 4 is 25.5 Å². The molecule has 152 valence electrons. The van der Waals surface area contributed by atoms with Gasteiger partial charge in [-0.3, -0.25) is 4.79 Å². The molecule has 3 aromatic carbocycles. The highest BCUT2D eigenvalue weighted by Crippen LogP contribution is 2.14. The Hall–Kier alpha value is -2.77. The molecule has 0 N–H and O–H groups in total. The zero-order valence-electron chi connectivity index (χ0n) is 16.1. The van der Waals surface area contributed by atoms with Crippen LogP contribution in [0.1, 0.15) is 21.5 Å². The van der Waals surface area contributed by atoms with Crippen LogP contribution in [-0.4, -0.2) is 35.1 Å². The molecule has 0 bridgehead atoms. The van der Waals surface area contributed by atoms with Crippen LogP contribution in [0.25, 0.3) is 0 Å². The van der Waals surface area contributed by atoms with E-state index in [0.717, 1.165) is 11.8 Å². The number of ketones is 1. The molecule has 3 rings (SSSR count). The van der Waals surface area contributed by atoms with Gasteiger partial charge in [-0.15, -0.1) is 0 Å². The summed E-state index contributed by atoms with van der Waals surface area (Å²) in [6.45, 7) is 0. The monoisotopic (exact) mass is 430 g/mol. The van der Waals surface area contributed by atoms with E-state index < -0.39 is 19.7 Å². The lowest BCUT2D eigenvalue weighted by molar-refractivity contribution is 0.103. The largest absolute Gasteiger partial charge is 0.289 e.